The van der Waals surface area contributed by atoms with Gasteiger partial charge in [0.25, 0.3) is 0 Å². The molecule has 2 aromatic rings. The Hall–Kier alpha value is -2.00. The molecule has 0 aliphatic carbocycles. The van der Waals surface area contributed by atoms with E-state index in [4.69, 9.17) is 5.73 Å². The second-order valence-corrected chi connectivity index (χ2v) is 5.58. The van der Waals surface area contributed by atoms with Crippen molar-refractivity contribution in [1.82, 2.24) is 4.90 Å². The molecule has 3 nitrogen and oxygen atoms in total. The number of hydrogen-bond donors (Lipinski definition) is 2. The molecule has 0 radical (unpaired) electrons. The summed E-state index contributed by atoms with van der Waals surface area (Å²) in [5.41, 5.74) is 10.3. The number of aryl methyl sites for hydroxylation is 1. The van der Waals surface area contributed by atoms with Crippen molar-refractivity contribution in [2.24, 2.45) is 0 Å². The molecule has 0 aliphatic heterocycles. The predicted molar refractivity (Wildman–Crippen MR) is 91.5 cm³/mol. The first kappa shape index (κ1) is 15.4. The van der Waals surface area contributed by atoms with E-state index in [0.717, 1.165) is 31.7 Å². The Morgan fingerprint density at radius 2 is 1.86 bits per heavy atom. The summed E-state index contributed by atoms with van der Waals surface area (Å²) in [4.78, 5) is 2.35. The lowest BCUT2D eigenvalue weighted by atomic mass is 10.2. The number of nitrogen functional groups attached to an aromatic ring is 1. The highest BCUT2D eigenvalue weighted by molar-refractivity contribution is 5.57. The van der Waals surface area contributed by atoms with E-state index in [9.17, 15) is 0 Å². The first-order chi connectivity index (χ1) is 10.1. The standard InChI is InChI=1S/C18H25N3/c1-15-13-17(19)9-10-18(15)20-11-6-12-21(2)14-16-7-4-3-5-8-16/h3-5,7-10,13,20H,6,11-12,14,19H2,1-2H3. The monoisotopic (exact) mass is 283 g/mol. The Labute approximate surface area is 127 Å². The fraction of sp³-hybridized carbons (Fsp3) is 0.333. The summed E-state index contributed by atoms with van der Waals surface area (Å²) in [5, 5.41) is 3.48. The maximum Gasteiger partial charge on any atom is 0.0371 e. The lowest BCUT2D eigenvalue weighted by Gasteiger charge is -2.17. The van der Waals surface area contributed by atoms with Crippen LogP contribution in [0.1, 0.15) is 17.5 Å². The van der Waals surface area contributed by atoms with Gasteiger partial charge in [0.05, 0.1) is 0 Å². The molecule has 0 amide bonds. The third-order valence-corrected chi connectivity index (χ3v) is 3.58. The van der Waals surface area contributed by atoms with Crippen LogP contribution in [0, 0.1) is 6.92 Å². The van der Waals surface area contributed by atoms with Crippen LogP contribution in [0.25, 0.3) is 0 Å². The molecule has 0 saturated heterocycles. The van der Waals surface area contributed by atoms with Crippen LogP contribution in [0.15, 0.2) is 48.5 Å². The minimum atomic E-state index is 0.820. The first-order valence-electron chi connectivity index (χ1n) is 7.47. The first-order valence-corrected chi connectivity index (χ1v) is 7.47. The van der Waals surface area contributed by atoms with Gasteiger partial charge in [0.1, 0.15) is 0 Å². The van der Waals surface area contributed by atoms with Crippen LogP contribution in [0.4, 0.5) is 11.4 Å². The molecule has 2 aromatic carbocycles. The van der Waals surface area contributed by atoms with Crippen LogP contribution >= 0.6 is 0 Å². The van der Waals surface area contributed by atoms with E-state index in [2.05, 4.69) is 60.6 Å². The largest absolute Gasteiger partial charge is 0.399 e. The number of hydrogen-bond acceptors (Lipinski definition) is 3. The molecule has 0 fully saturated rings. The fourth-order valence-corrected chi connectivity index (χ4v) is 2.43. The molecule has 112 valence electrons. The quantitative estimate of drug-likeness (QED) is 0.603. The van der Waals surface area contributed by atoms with Crippen LogP contribution < -0.4 is 11.1 Å². The zero-order valence-electron chi connectivity index (χ0n) is 13.0. The third kappa shape index (κ3) is 5.12. The molecular weight excluding hydrogens is 258 g/mol. The summed E-state index contributed by atoms with van der Waals surface area (Å²) in [5.74, 6) is 0. The van der Waals surface area contributed by atoms with Crippen molar-refractivity contribution in [2.45, 2.75) is 19.9 Å². The lowest BCUT2D eigenvalue weighted by Crippen LogP contribution is -2.21. The molecular formula is C18H25N3. The highest BCUT2D eigenvalue weighted by atomic mass is 15.1. The van der Waals surface area contributed by atoms with Crippen molar-refractivity contribution in [3.8, 4) is 0 Å². The van der Waals surface area contributed by atoms with Gasteiger partial charge in [0.15, 0.2) is 0 Å². The highest BCUT2D eigenvalue weighted by Gasteiger charge is 2.01. The topological polar surface area (TPSA) is 41.3 Å². The smallest absolute Gasteiger partial charge is 0.0371 e. The maximum atomic E-state index is 5.76. The van der Waals surface area contributed by atoms with Crippen LogP contribution in [0.5, 0.6) is 0 Å². The fourth-order valence-electron chi connectivity index (χ4n) is 2.43. The SMILES string of the molecule is Cc1cc(N)ccc1NCCCN(C)Cc1ccccc1. The lowest BCUT2D eigenvalue weighted by molar-refractivity contribution is 0.325. The molecule has 0 unspecified atom stereocenters. The molecule has 0 atom stereocenters. The van der Waals surface area contributed by atoms with Crippen molar-refractivity contribution in [2.75, 3.05) is 31.2 Å². The Morgan fingerprint density at radius 1 is 1.10 bits per heavy atom. The van der Waals surface area contributed by atoms with E-state index in [1.807, 2.05) is 12.1 Å². The maximum absolute atomic E-state index is 5.76. The summed E-state index contributed by atoms with van der Waals surface area (Å²) >= 11 is 0. The Balaban J connectivity index is 1.69. The molecule has 0 aliphatic rings. The molecule has 21 heavy (non-hydrogen) atoms. The number of benzene rings is 2. The average molecular weight is 283 g/mol. The number of nitrogens with one attached hydrogen (secondary N) is 1. The average Bonchev–Trinajstić information content (AvgIpc) is 2.46. The minimum absolute atomic E-state index is 0.820. The Bertz CT molecular complexity index is 552. The van der Waals surface area contributed by atoms with Crippen molar-refractivity contribution in [1.29, 1.82) is 0 Å². The number of nitrogens with two attached hydrogens (primary N) is 1. The highest BCUT2D eigenvalue weighted by Crippen LogP contribution is 2.17. The van der Waals surface area contributed by atoms with Gasteiger partial charge in [-0.1, -0.05) is 30.3 Å². The second kappa shape index (κ2) is 7.70. The molecule has 0 bridgehead atoms. The molecule has 2 rings (SSSR count). The molecule has 0 aromatic heterocycles. The van der Waals surface area contributed by atoms with Crippen LogP contribution in [-0.2, 0) is 6.54 Å². The van der Waals surface area contributed by atoms with E-state index in [1.54, 1.807) is 0 Å². The van der Waals surface area contributed by atoms with E-state index >= 15 is 0 Å². The van der Waals surface area contributed by atoms with E-state index in [0.29, 0.717) is 0 Å². The van der Waals surface area contributed by atoms with Gasteiger partial charge in [0, 0.05) is 24.5 Å². The molecule has 0 spiro atoms. The van der Waals surface area contributed by atoms with Crippen LogP contribution in [-0.4, -0.2) is 25.0 Å². The minimum Gasteiger partial charge on any atom is -0.399 e. The van der Waals surface area contributed by atoms with Crippen molar-refractivity contribution < 1.29 is 0 Å². The molecule has 0 heterocycles. The van der Waals surface area contributed by atoms with Crippen LogP contribution in [0.3, 0.4) is 0 Å². The summed E-state index contributed by atoms with van der Waals surface area (Å²) in [7, 11) is 2.17. The second-order valence-electron chi connectivity index (χ2n) is 5.58. The predicted octanol–water partition coefficient (Wildman–Crippen LogP) is 3.51. The van der Waals surface area contributed by atoms with E-state index < -0.39 is 0 Å². The molecule has 3 N–H and O–H groups in total. The number of rotatable bonds is 7. The zero-order chi connectivity index (χ0) is 15.1. The van der Waals surface area contributed by atoms with Crippen molar-refractivity contribution >= 4 is 11.4 Å². The van der Waals surface area contributed by atoms with Gasteiger partial charge < -0.3 is 16.0 Å². The zero-order valence-corrected chi connectivity index (χ0v) is 13.0. The number of anilines is 2. The van der Waals surface area contributed by atoms with Gasteiger partial charge in [-0.2, -0.15) is 0 Å². The van der Waals surface area contributed by atoms with Crippen LogP contribution in [0.2, 0.25) is 0 Å². The molecule has 0 saturated carbocycles. The molecule has 3 heteroatoms. The van der Waals surface area contributed by atoms with Gasteiger partial charge in [-0.15, -0.1) is 0 Å². The summed E-state index contributed by atoms with van der Waals surface area (Å²) in [6.45, 7) is 5.14. The van der Waals surface area contributed by atoms with Gasteiger partial charge in [-0.05, 0) is 56.3 Å². The summed E-state index contributed by atoms with van der Waals surface area (Å²) in [6.07, 6.45) is 1.12. The van der Waals surface area contributed by atoms with Gasteiger partial charge in [-0.25, -0.2) is 0 Å². The van der Waals surface area contributed by atoms with Gasteiger partial charge in [-0.3, -0.25) is 0 Å². The van der Waals surface area contributed by atoms with Crippen molar-refractivity contribution in [3.63, 3.8) is 0 Å². The normalized spacial score (nSPS) is 10.8. The van der Waals surface area contributed by atoms with E-state index in [1.165, 1.54) is 16.8 Å². The van der Waals surface area contributed by atoms with Crippen molar-refractivity contribution in [3.05, 3.63) is 59.7 Å². The summed E-state index contributed by atoms with van der Waals surface area (Å²) < 4.78 is 0. The Kier molecular flexibility index (Phi) is 5.64. The third-order valence-electron chi connectivity index (χ3n) is 3.58. The van der Waals surface area contributed by atoms with E-state index in [-0.39, 0.29) is 0 Å². The van der Waals surface area contributed by atoms with Gasteiger partial charge in [0.2, 0.25) is 0 Å². The number of nitrogens with zero attached hydrogens (tertiary/aromatic N) is 1. The Morgan fingerprint density at radius 3 is 2.57 bits per heavy atom. The summed E-state index contributed by atoms with van der Waals surface area (Å²) in [6, 6.07) is 16.6. The van der Waals surface area contributed by atoms with Gasteiger partial charge >= 0.3 is 0 Å².